The zero-order valence-electron chi connectivity index (χ0n) is 15.0. The Kier molecular flexibility index (Phi) is 6.13. The number of nitrogens with zero attached hydrogens (tertiary/aromatic N) is 2. The van der Waals surface area contributed by atoms with Crippen LogP contribution in [0.4, 0.5) is 9.18 Å². The number of piperidine rings is 1. The second kappa shape index (κ2) is 8.55. The van der Waals surface area contributed by atoms with Gasteiger partial charge in [-0.1, -0.05) is 12.1 Å². The van der Waals surface area contributed by atoms with Gasteiger partial charge in [0.2, 0.25) is 5.91 Å². The molecule has 2 heterocycles. The molecule has 9 heteroatoms. The monoisotopic (exact) mass is 406 g/mol. The van der Waals surface area contributed by atoms with Crippen LogP contribution >= 0.6 is 11.8 Å². The molecule has 0 bridgehead atoms. The number of thioether (sulfide) groups is 1. The van der Waals surface area contributed by atoms with E-state index < -0.39 is 29.0 Å². The van der Waals surface area contributed by atoms with Crippen LogP contribution < -0.4 is 0 Å². The summed E-state index contributed by atoms with van der Waals surface area (Å²) in [5.74, 6) is -2.34. The van der Waals surface area contributed by atoms with Crippen molar-refractivity contribution in [3.63, 3.8) is 0 Å². The molecule has 0 saturated carbocycles. The van der Waals surface area contributed by atoms with Crippen molar-refractivity contribution in [3.8, 4) is 0 Å². The number of carbonyl (C=O) groups excluding carboxylic acids is 3. The largest absolute Gasteiger partial charge is 0.480 e. The van der Waals surface area contributed by atoms with Crippen LogP contribution in [0.25, 0.3) is 6.08 Å². The highest BCUT2D eigenvalue weighted by molar-refractivity contribution is 8.18. The molecule has 3 amide bonds. The highest BCUT2D eigenvalue weighted by Gasteiger charge is 2.37. The maximum absolute atomic E-state index is 13.0. The Morgan fingerprint density at radius 3 is 2.61 bits per heavy atom. The number of likely N-dealkylation sites (tertiary alicyclic amines) is 1. The maximum Gasteiger partial charge on any atom is 0.326 e. The summed E-state index contributed by atoms with van der Waals surface area (Å²) in [5.41, 5.74) is 0.584. The molecule has 2 saturated heterocycles. The quantitative estimate of drug-likeness (QED) is 0.756. The van der Waals surface area contributed by atoms with E-state index in [1.807, 2.05) is 0 Å². The van der Waals surface area contributed by atoms with Crippen molar-refractivity contribution >= 4 is 40.9 Å². The fourth-order valence-corrected chi connectivity index (χ4v) is 4.11. The Bertz CT molecular complexity index is 839. The molecule has 2 aliphatic heterocycles. The first kappa shape index (κ1) is 20.1. The van der Waals surface area contributed by atoms with Gasteiger partial charge in [0.1, 0.15) is 11.9 Å². The van der Waals surface area contributed by atoms with E-state index >= 15 is 0 Å². The summed E-state index contributed by atoms with van der Waals surface area (Å²) < 4.78 is 13.0. The molecular weight excluding hydrogens is 387 g/mol. The van der Waals surface area contributed by atoms with Crippen LogP contribution in [0.3, 0.4) is 0 Å². The lowest BCUT2D eigenvalue weighted by Crippen LogP contribution is -2.48. The first-order chi connectivity index (χ1) is 13.4. The van der Waals surface area contributed by atoms with E-state index in [-0.39, 0.29) is 23.8 Å². The molecule has 1 aromatic carbocycles. The van der Waals surface area contributed by atoms with Crippen LogP contribution in [-0.2, 0) is 14.4 Å². The van der Waals surface area contributed by atoms with Gasteiger partial charge in [-0.25, -0.2) is 9.18 Å². The molecule has 1 aromatic rings. The summed E-state index contributed by atoms with van der Waals surface area (Å²) in [5, 5.41) is 8.78. The van der Waals surface area contributed by atoms with Crippen molar-refractivity contribution in [1.82, 2.24) is 9.80 Å². The predicted molar refractivity (Wildman–Crippen MR) is 101 cm³/mol. The van der Waals surface area contributed by atoms with Crippen LogP contribution in [0.1, 0.15) is 31.2 Å². The number of carboxylic acids is 1. The zero-order valence-corrected chi connectivity index (χ0v) is 15.8. The topological polar surface area (TPSA) is 95.0 Å². The fourth-order valence-electron chi connectivity index (χ4n) is 3.24. The number of hydrogen-bond donors (Lipinski definition) is 1. The van der Waals surface area contributed by atoms with Gasteiger partial charge in [0, 0.05) is 19.5 Å². The van der Waals surface area contributed by atoms with Gasteiger partial charge in [0.15, 0.2) is 0 Å². The highest BCUT2D eigenvalue weighted by atomic mass is 32.2. The molecule has 1 unspecified atom stereocenters. The van der Waals surface area contributed by atoms with Crippen molar-refractivity contribution < 1.29 is 28.7 Å². The molecule has 0 aromatic heterocycles. The number of benzene rings is 1. The molecule has 148 valence electrons. The predicted octanol–water partition coefficient (Wildman–Crippen LogP) is 2.72. The fraction of sp³-hybridized carbons (Fsp3) is 0.368. The van der Waals surface area contributed by atoms with E-state index in [2.05, 4.69) is 0 Å². The minimum Gasteiger partial charge on any atom is -0.480 e. The summed E-state index contributed by atoms with van der Waals surface area (Å²) in [4.78, 5) is 50.9. The van der Waals surface area contributed by atoms with Crippen molar-refractivity contribution in [3.05, 3.63) is 40.6 Å². The van der Waals surface area contributed by atoms with E-state index in [0.29, 0.717) is 18.5 Å². The highest BCUT2D eigenvalue weighted by Crippen LogP contribution is 2.32. The van der Waals surface area contributed by atoms with Gasteiger partial charge in [0.05, 0.1) is 4.91 Å². The summed E-state index contributed by atoms with van der Waals surface area (Å²) in [6, 6.07) is 4.65. The second-order valence-corrected chi connectivity index (χ2v) is 7.57. The Hall–Kier alpha value is -2.68. The number of halogens is 1. The van der Waals surface area contributed by atoms with E-state index in [1.54, 1.807) is 0 Å². The average Bonchev–Trinajstić information content (AvgIpc) is 2.94. The van der Waals surface area contributed by atoms with Crippen molar-refractivity contribution in [2.75, 3.05) is 13.1 Å². The van der Waals surface area contributed by atoms with Gasteiger partial charge in [-0.3, -0.25) is 19.3 Å². The van der Waals surface area contributed by atoms with Crippen LogP contribution in [-0.4, -0.2) is 57.1 Å². The first-order valence-electron chi connectivity index (χ1n) is 8.90. The number of amides is 3. The van der Waals surface area contributed by atoms with E-state index in [0.717, 1.165) is 29.5 Å². The lowest BCUT2D eigenvalue weighted by molar-refractivity contribution is -0.152. The van der Waals surface area contributed by atoms with E-state index in [9.17, 15) is 28.7 Å². The van der Waals surface area contributed by atoms with Gasteiger partial charge < -0.3 is 10.0 Å². The standard InChI is InChI=1S/C19H19FN2O5S/c20-13-6-4-12(5-7-13)11-15-17(24)22(19(27)28-15)10-8-16(23)21-9-2-1-3-14(21)18(25)26/h4-7,11,14H,1-3,8-10H2,(H,25,26)/b15-11-. The Morgan fingerprint density at radius 2 is 1.93 bits per heavy atom. The van der Waals surface area contributed by atoms with Gasteiger partial charge in [-0.05, 0) is 54.8 Å². The number of rotatable bonds is 5. The molecule has 0 radical (unpaired) electrons. The van der Waals surface area contributed by atoms with Gasteiger partial charge in [0.25, 0.3) is 11.1 Å². The number of aliphatic carboxylic acids is 1. The van der Waals surface area contributed by atoms with E-state index in [1.165, 1.54) is 35.2 Å². The summed E-state index contributed by atoms with van der Waals surface area (Å²) >= 11 is 0.759. The van der Waals surface area contributed by atoms with Gasteiger partial charge >= 0.3 is 5.97 Å². The Morgan fingerprint density at radius 1 is 1.21 bits per heavy atom. The van der Waals surface area contributed by atoms with Crippen molar-refractivity contribution in [1.29, 1.82) is 0 Å². The zero-order chi connectivity index (χ0) is 20.3. The molecule has 2 aliphatic rings. The van der Waals surface area contributed by atoms with Crippen LogP contribution in [0.2, 0.25) is 0 Å². The maximum atomic E-state index is 13.0. The molecular formula is C19H19FN2O5S. The average molecular weight is 406 g/mol. The number of carboxylic acid groups (broad SMARTS) is 1. The molecule has 7 nitrogen and oxygen atoms in total. The lowest BCUT2D eigenvalue weighted by Gasteiger charge is -2.33. The summed E-state index contributed by atoms with van der Waals surface area (Å²) in [7, 11) is 0. The normalized spacial score (nSPS) is 21.5. The third kappa shape index (κ3) is 4.41. The van der Waals surface area contributed by atoms with Crippen molar-refractivity contribution in [2.45, 2.75) is 31.7 Å². The molecule has 28 heavy (non-hydrogen) atoms. The Labute approximate surface area is 165 Å². The third-order valence-corrected chi connectivity index (χ3v) is 5.61. The molecule has 0 spiro atoms. The molecule has 0 aliphatic carbocycles. The molecule has 1 N–H and O–H groups in total. The number of imide groups is 1. The third-order valence-electron chi connectivity index (χ3n) is 4.70. The minimum absolute atomic E-state index is 0.104. The SMILES string of the molecule is O=C(O)C1CCCCN1C(=O)CCN1C(=O)S/C(=C\c2ccc(F)cc2)C1=O. The van der Waals surface area contributed by atoms with Gasteiger partial charge in [-0.2, -0.15) is 0 Å². The number of hydrogen-bond acceptors (Lipinski definition) is 5. The minimum atomic E-state index is -1.04. The molecule has 1 atom stereocenters. The van der Waals surface area contributed by atoms with Crippen molar-refractivity contribution in [2.24, 2.45) is 0 Å². The summed E-state index contributed by atoms with van der Waals surface area (Å²) in [6.45, 7) is 0.259. The van der Waals surface area contributed by atoms with Crippen LogP contribution in [0.5, 0.6) is 0 Å². The molecule has 3 rings (SSSR count). The van der Waals surface area contributed by atoms with Crippen LogP contribution in [0, 0.1) is 5.82 Å². The first-order valence-corrected chi connectivity index (χ1v) is 9.71. The summed E-state index contributed by atoms with van der Waals surface area (Å²) in [6.07, 6.45) is 3.27. The number of carbonyl (C=O) groups is 4. The molecule has 2 fully saturated rings. The van der Waals surface area contributed by atoms with Crippen LogP contribution in [0.15, 0.2) is 29.2 Å². The van der Waals surface area contributed by atoms with Gasteiger partial charge in [-0.15, -0.1) is 0 Å². The smallest absolute Gasteiger partial charge is 0.326 e. The van der Waals surface area contributed by atoms with E-state index in [4.69, 9.17) is 0 Å². The lowest BCUT2D eigenvalue weighted by atomic mass is 10.0. The second-order valence-electron chi connectivity index (χ2n) is 6.57. The Balaban J connectivity index is 1.63.